The average Bonchev–Trinajstić information content (AvgIpc) is 2.35. The molecule has 0 saturated carbocycles. The van der Waals surface area contributed by atoms with Crippen LogP contribution in [0.5, 0.6) is 5.75 Å². The predicted octanol–water partition coefficient (Wildman–Crippen LogP) is 2.97. The number of nitrogens with zero attached hydrogens (tertiary/aromatic N) is 1. The smallest absolute Gasteiger partial charge is 0.223 e. The van der Waals surface area contributed by atoms with Crippen molar-refractivity contribution in [1.29, 1.82) is 0 Å². The summed E-state index contributed by atoms with van der Waals surface area (Å²) in [5, 5.41) is 9.22. The molecular weight excluding hydrogens is 238 g/mol. The predicted molar refractivity (Wildman–Crippen MR) is 76.0 cm³/mol. The molecule has 1 aliphatic rings. The van der Waals surface area contributed by atoms with Crippen LogP contribution in [0.1, 0.15) is 39.7 Å². The summed E-state index contributed by atoms with van der Waals surface area (Å²) >= 11 is 0. The van der Waals surface area contributed by atoms with Gasteiger partial charge in [0.2, 0.25) is 5.91 Å². The van der Waals surface area contributed by atoms with Crippen LogP contribution in [-0.4, -0.2) is 28.0 Å². The van der Waals surface area contributed by atoms with Crippen LogP contribution in [0.3, 0.4) is 0 Å². The topological polar surface area (TPSA) is 40.5 Å². The van der Waals surface area contributed by atoms with Crippen LogP contribution in [0.2, 0.25) is 0 Å². The molecule has 1 aliphatic heterocycles. The van der Waals surface area contributed by atoms with Crippen molar-refractivity contribution in [2.75, 3.05) is 6.54 Å². The van der Waals surface area contributed by atoms with Gasteiger partial charge in [0.15, 0.2) is 0 Å². The molecule has 3 nitrogen and oxygen atoms in total. The third-order valence-corrected chi connectivity index (χ3v) is 4.75. The van der Waals surface area contributed by atoms with Crippen LogP contribution >= 0.6 is 0 Å². The zero-order chi connectivity index (χ0) is 14.3. The number of carbonyl (C=O) groups excluding carboxylic acids is 1. The van der Waals surface area contributed by atoms with Gasteiger partial charge in [-0.15, -0.1) is 0 Å². The van der Waals surface area contributed by atoms with Crippen LogP contribution in [0.15, 0.2) is 24.3 Å². The molecule has 0 spiro atoms. The fourth-order valence-electron chi connectivity index (χ4n) is 2.51. The van der Waals surface area contributed by atoms with Crippen LogP contribution in [-0.2, 0) is 11.2 Å². The summed E-state index contributed by atoms with van der Waals surface area (Å²) in [6.45, 7) is 9.52. The normalized spacial score (nSPS) is 19.9. The second kappa shape index (κ2) is 4.55. The molecule has 1 amide bonds. The summed E-state index contributed by atoms with van der Waals surface area (Å²) in [6.07, 6.45) is 1.26. The molecule has 0 atom stereocenters. The van der Waals surface area contributed by atoms with Crippen molar-refractivity contribution < 1.29 is 9.90 Å². The summed E-state index contributed by atoms with van der Waals surface area (Å²) in [5.41, 5.74) is 1.23. The number of phenols is 1. The van der Waals surface area contributed by atoms with Crippen molar-refractivity contribution in [1.82, 2.24) is 4.90 Å². The number of rotatable bonds is 3. The fraction of sp³-hybridized carbons (Fsp3) is 0.562. The lowest BCUT2D eigenvalue weighted by atomic mass is 9.65. The van der Waals surface area contributed by atoms with Crippen molar-refractivity contribution in [3.63, 3.8) is 0 Å². The third kappa shape index (κ3) is 2.46. The van der Waals surface area contributed by atoms with E-state index >= 15 is 0 Å². The molecule has 1 fully saturated rings. The van der Waals surface area contributed by atoms with Crippen LogP contribution in [0.4, 0.5) is 0 Å². The summed E-state index contributed by atoms with van der Waals surface area (Å²) in [5.74, 6) is 0.484. The van der Waals surface area contributed by atoms with E-state index in [2.05, 4.69) is 27.7 Å². The zero-order valence-electron chi connectivity index (χ0n) is 12.2. The molecule has 104 valence electrons. The first-order valence-electron chi connectivity index (χ1n) is 6.82. The van der Waals surface area contributed by atoms with E-state index in [4.69, 9.17) is 0 Å². The number of hydrogen-bond acceptors (Lipinski definition) is 2. The van der Waals surface area contributed by atoms with Crippen LogP contribution < -0.4 is 0 Å². The lowest BCUT2D eigenvalue weighted by Crippen LogP contribution is -2.70. The third-order valence-electron chi connectivity index (χ3n) is 4.75. The van der Waals surface area contributed by atoms with Crippen LogP contribution in [0, 0.1) is 5.41 Å². The highest BCUT2D eigenvalue weighted by Gasteiger charge is 2.54. The Balaban J connectivity index is 1.91. The number of phenolic OH excluding ortho intramolecular Hbond substituents is 1. The Kier molecular flexibility index (Phi) is 3.33. The quantitative estimate of drug-likeness (QED) is 0.908. The number of hydrogen-bond donors (Lipinski definition) is 1. The van der Waals surface area contributed by atoms with Gasteiger partial charge in [-0.1, -0.05) is 26.0 Å². The molecule has 3 heteroatoms. The lowest BCUT2D eigenvalue weighted by molar-refractivity contribution is -0.167. The molecule has 0 aliphatic carbocycles. The van der Waals surface area contributed by atoms with Gasteiger partial charge in [0, 0.05) is 23.9 Å². The largest absolute Gasteiger partial charge is 0.508 e. The molecule has 2 rings (SSSR count). The van der Waals surface area contributed by atoms with Gasteiger partial charge in [0.05, 0.1) is 0 Å². The van der Waals surface area contributed by atoms with Gasteiger partial charge >= 0.3 is 0 Å². The standard InChI is InChI=1S/C16H23NO2/c1-15(2)11-17(16(15,3)4)14(19)10-7-12-5-8-13(18)9-6-12/h5-6,8-9,18H,7,10-11H2,1-4H3. The van der Waals surface area contributed by atoms with Gasteiger partial charge in [-0.05, 0) is 38.0 Å². The minimum atomic E-state index is -0.0565. The Morgan fingerprint density at radius 2 is 1.79 bits per heavy atom. The molecule has 0 bridgehead atoms. The maximum atomic E-state index is 12.2. The number of aryl methyl sites for hydroxylation is 1. The van der Waals surface area contributed by atoms with E-state index in [-0.39, 0.29) is 22.6 Å². The molecule has 0 unspecified atom stereocenters. The van der Waals surface area contributed by atoms with E-state index in [9.17, 15) is 9.90 Å². The van der Waals surface area contributed by atoms with Crippen molar-refractivity contribution in [2.45, 2.75) is 46.1 Å². The summed E-state index contributed by atoms with van der Waals surface area (Å²) < 4.78 is 0. The minimum Gasteiger partial charge on any atom is -0.508 e. The Bertz CT molecular complexity index is 474. The van der Waals surface area contributed by atoms with E-state index < -0.39 is 0 Å². The van der Waals surface area contributed by atoms with Crippen molar-refractivity contribution in [3.05, 3.63) is 29.8 Å². The molecule has 0 radical (unpaired) electrons. The van der Waals surface area contributed by atoms with E-state index in [0.29, 0.717) is 6.42 Å². The Morgan fingerprint density at radius 3 is 2.26 bits per heavy atom. The van der Waals surface area contributed by atoms with E-state index in [1.54, 1.807) is 12.1 Å². The maximum Gasteiger partial charge on any atom is 0.223 e. The first-order chi connectivity index (χ1) is 8.74. The molecule has 1 heterocycles. The summed E-state index contributed by atoms with van der Waals surface area (Å²) in [4.78, 5) is 14.2. The molecule has 1 N–H and O–H groups in total. The van der Waals surface area contributed by atoms with E-state index in [1.807, 2.05) is 17.0 Å². The molecule has 0 aromatic heterocycles. The molecular formula is C16H23NO2. The lowest BCUT2D eigenvalue weighted by Gasteiger charge is -2.61. The second-order valence-corrected chi connectivity index (χ2v) is 6.59. The highest BCUT2D eigenvalue weighted by atomic mass is 16.3. The number of amides is 1. The SMILES string of the molecule is CC1(C)CN(C(=O)CCc2ccc(O)cc2)C1(C)C. The Morgan fingerprint density at radius 1 is 1.21 bits per heavy atom. The van der Waals surface area contributed by atoms with Crippen molar-refractivity contribution in [3.8, 4) is 5.75 Å². The van der Waals surface area contributed by atoms with Gasteiger partial charge in [0.1, 0.15) is 5.75 Å². The first kappa shape index (κ1) is 13.9. The van der Waals surface area contributed by atoms with Gasteiger partial charge in [-0.2, -0.15) is 0 Å². The summed E-state index contributed by atoms with van der Waals surface area (Å²) in [6, 6.07) is 7.06. The van der Waals surface area contributed by atoms with Gasteiger partial charge in [0.25, 0.3) is 0 Å². The number of benzene rings is 1. The number of aromatic hydroxyl groups is 1. The van der Waals surface area contributed by atoms with Crippen molar-refractivity contribution in [2.24, 2.45) is 5.41 Å². The maximum absolute atomic E-state index is 12.2. The summed E-state index contributed by atoms with van der Waals surface area (Å²) in [7, 11) is 0. The number of likely N-dealkylation sites (tertiary alicyclic amines) is 1. The minimum absolute atomic E-state index is 0.0565. The Labute approximate surface area is 115 Å². The fourth-order valence-corrected chi connectivity index (χ4v) is 2.51. The van der Waals surface area contributed by atoms with Crippen LogP contribution in [0.25, 0.3) is 0 Å². The van der Waals surface area contributed by atoms with Gasteiger partial charge in [-0.25, -0.2) is 0 Å². The molecule has 1 saturated heterocycles. The van der Waals surface area contributed by atoms with E-state index in [0.717, 1.165) is 18.5 Å². The van der Waals surface area contributed by atoms with Gasteiger partial charge in [-0.3, -0.25) is 4.79 Å². The Hall–Kier alpha value is -1.51. The zero-order valence-corrected chi connectivity index (χ0v) is 12.2. The van der Waals surface area contributed by atoms with Crippen molar-refractivity contribution >= 4 is 5.91 Å². The monoisotopic (exact) mass is 261 g/mol. The second-order valence-electron chi connectivity index (χ2n) is 6.59. The molecule has 19 heavy (non-hydrogen) atoms. The first-order valence-corrected chi connectivity index (χ1v) is 6.82. The van der Waals surface area contributed by atoms with E-state index in [1.165, 1.54) is 0 Å². The molecule has 1 aromatic carbocycles. The highest BCUT2D eigenvalue weighted by Crippen LogP contribution is 2.46. The number of carbonyl (C=O) groups is 1. The highest BCUT2D eigenvalue weighted by molar-refractivity contribution is 5.78. The van der Waals surface area contributed by atoms with Gasteiger partial charge < -0.3 is 10.0 Å². The average molecular weight is 261 g/mol. The molecule has 1 aromatic rings.